The highest BCUT2D eigenvalue weighted by atomic mass is 35.5. The topological polar surface area (TPSA) is 33.0 Å². The van der Waals surface area contributed by atoms with Crippen molar-refractivity contribution >= 4 is 5.91 Å². The molecule has 0 bridgehead atoms. The van der Waals surface area contributed by atoms with Crippen molar-refractivity contribution in [1.82, 2.24) is 5.32 Å². The zero-order chi connectivity index (χ0) is 15.9. The third-order valence-electron chi connectivity index (χ3n) is 3.98. The third-order valence-corrected chi connectivity index (χ3v) is 3.98. The molecule has 0 aromatic carbocycles. The first-order chi connectivity index (χ1) is 10.8. The number of nitrogens with one attached hydrogen (secondary N) is 1. The number of hydrogen-bond donors (Lipinski definition) is 1. The zero-order valence-corrected chi connectivity index (χ0v) is 15.4. The van der Waals surface area contributed by atoms with Gasteiger partial charge >= 0.3 is 0 Å². The van der Waals surface area contributed by atoms with Gasteiger partial charge in [-0.15, -0.1) is 0 Å². The Kier molecular flexibility index (Phi) is 15.0. The van der Waals surface area contributed by atoms with Gasteiger partial charge in [-0.2, -0.15) is 0 Å². The molecule has 1 rings (SSSR count). The Bertz CT molecular complexity index is 384. The Labute approximate surface area is 148 Å². The van der Waals surface area contributed by atoms with E-state index < -0.39 is 0 Å². The molecule has 1 aromatic rings. The van der Waals surface area contributed by atoms with Crippen molar-refractivity contribution in [3.8, 4) is 0 Å². The van der Waals surface area contributed by atoms with E-state index in [1.165, 1.54) is 51.4 Å². The van der Waals surface area contributed by atoms with Crippen molar-refractivity contribution in [2.24, 2.45) is 0 Å². The molecule has 23 heavy (non-hydrogen) atoms. The molecule has 0 aliphatic rings. The van der Waals surface area contributed by atoms with Crippen molar-refractivity contribution in [3.63, 3.8) is 0 Å². The molecule has 4 heteroatoms. The molecule has 1 aromatic heterocycles. The normalized spacial score (nSPS) is 10.1. The summed E-state index contributed by atoms with van der Waals surface area (Å²) in [7, 11) is 0. The minimum absolute atomic E-state index is 0. The molecule has 1 N–H and O–H groups in total. The van der Waals surface area contributed by atoms with E-state index in [1.807, 2.05) is 30.6 Å². The summed E-state index contributed by atoms with van der Waals surface area (Å²) in [5, 5.41) is 3.00. The van der Waals surface area contributed by atoms with Gasteiger partial charge in [0.05, 0.1) is 6.54 Å². The van der Waals surface area contributed by atoms with Crippen LogP contribution in [0.4, 0.5) is 0 Å². The highest BCUT2D eigenvalue weighted by Gasteiger charge is 2.03. The lowest BCUT2D eigenvalue weighted by molar-refractivity contribution is -0.694. The molecular weight excluding hydrogens is 308 g/mol. The van der Waals surface area contributed by atoms with Gasteiger partial charge in [-0.1, -0.05) is 64.4 Å². The van der Waals surface area contributed by atoms with Gasteiger partial charge in [0.1, 0.15) is 0 Å². The lowest BCUT2D eigenvalue weighted by atomic mass is 10.1. The van der Waals surface area contributed by atoms with Crippen LogP contribution in [0.3, 0.4) is 0 Å². The summed E-state index contributed by atoms with van der Waals surface area (Å²) >= 11 is 0. The Balaban J connectivity index is 0.00000484. The first-order valence-corrected chi connectivity index (χ1v) is 9.03. The Morgan fingerprint density at radius 2 is 1.43 bits per heavy atom. The molecule has 0 unspecified atom stereocenters. The van der Waals surface area contributed by atoms with Crippen molar-refractivity contribution in [2.45, 2.75) is 77.7 Å². The molecule has 0 fully saturated rings. The summed E-state index contributed by atoms with van der Waals surface area (Å²) in [6.45, 7) is 3.80. The average molecular weight is 341 g/mol. The Hall–Kier alpha value is -1.09. The van der Waals surface area contributed by atoms with E-state index in [-0.39, 0.29) is 18.3 Å². The Morgan fingerprint density at radius 1 is 0.870 bits per heavy atom. The van der Waals surface area contributed by atoms with Crippen molar-refractivity contribution in [3.05, 3.63) is 30.6 Å². The van der Waals surface area contributed by atoms with Gasteiger partial charge in [-0.05, 0) is 6.42 Å². The van der Waals surface area contributed by atoms with E-state index in [0.717, 1.165) is 13.0 Å². The summed E-state index contributed by atoms with van der Waals surface area (Å²) in [5.41, 5.74) is 0. The second-order valence-corrected chi connectivity index (χ2v) is 6.04. The minimum Gasteiger partial charge on any atom is -1.00 e. The van der Waals surface area contributed by atoms with Crippen LogP contribution in [0.25, 0.3) is 0 Å². The molecule has 0 radical (unpaired) electrons. The Morgan fingerprint density at radius 3 is 2.04 bits per heavy atom. The number of hydrogen-bond acceptors (Lipinski definition) is 1. The van der Waals surface area contributed by atoms with Gasteiger partial charge in [0.25, 0.3) is 0 Å². The van der Waals surface area contributed by atoms with Crippen LogP contribution in [0.2, 0.25) is 0 Å². The van der Waals surface area contributed by atoms with E-state index in [9.17, 15) is 4.79 Å². The fraction of sp³-hybridized carbons (Fsp3) is 0.684. The SMILES string of the molecule is CCCCCCCCCCCC(=O)NCC[n+]1ccccc1.[Cl-]. The van der Waals surface area contributed by atoms with Crippen LogP contribution in [-0.2, 0) is 11.3 Å². The van der Waals surface area contributed by atoms with Crippen LogP contribution in [0.5, 0.6) is 0 Å². The van der Waals surface area contributed by atoms with E-state index in [1.54, 1.807) is 0 Å². The van der Waals surface area contributed by atoms with Crippen molar-refractivity contribution in [1.29, 1.82) is 0 Å². The van der Waals surface area contributed by atoms with Crippen LogP contribution in [0, 0.1) is 0 Å². The van der Waals surface area contributed by atoms with Crippen LogP contribution in [0.1, 0.15) is 71.1 Å². The first-order valence-electron chi connectivity index (χ1n) is 9.03. The van der Waals surface area contributed by atoms with Gasteiger partial charge in [0, 0.05) is 18.6 Å². The van der Waals surface area contributed by atoms with E-state index in [4.69, 9.17) is 0 Å². The molecule has 0 saturated carbocycles. The summed E-state index contributed by atoms with van der Waals surface area (Å²) in [4.78, 5) is 11.7. The molecule has 0 atom stereocenters. The van der Waals surface area contributed by atoms with Gasteiger partial charge < -0.3 is 17.7 Å². The summed E-state index contributed by atoms with van der Waals surface area (Å²) < 4.78 is 2.08. The predicted octanol–water partition coefficient (Wildman–Crippen LogP) is 1.02. The molecule has 132 valence electrons. The van der Waals surface area contributed by atoms with E-state index >= 15 is 0 Å². The number of aromatic nitrogens is 1. The summed E-state index contributed by atoms with van der Waals surface area (Å²) in [6, 6.07) is 6.01. The number of rotatable bonds is 13. The second-order valence-electron chi connectivity index (χ2n) is 6.04. The molecule has 0 aliphatic heterocycles. The lowest BCUT2D eigenvalue weighted by Crippen LogP contribution is -3.00. The summed E-state index contributed by atoms with van der Waals surface area (Å²) in [6.07, 6.45) is 16.4. The van der Waals surface area contributed by atoms with Crippen LogP contribution in [-0.4, -0.2) is 12.5 Å². The number of carbonyl (C=O) groups is 1. The third kappa shape index (κ3) is 13.1. The maximum absolute atomic E-state index is 11.7. The van der Waals surface area contributed by atoms with Crippen molar-refractivity contribution < 1.29 is 21.8 Å². The number of unbranched alkanes of at least 4 members (excludes halogenated alkanes) is 8. The number of pyridine rings is 1. The zero-order valence-electron chi connectivity index (χ0n) is 14.6. The molecule has 1 amide bonds. The number of amides is 1. The first kappa shape index (κ1) is 21.9. The average Bonchev–Trinajstić information content (AvgIpc) is 2.54. The molecule has 0 aliphatic carbocycles. The lowest BCUT2D eigenvalue weighted by Gasteiger charge is -2.04. The molecule has 1 heterocycles. The number of carbonyl (C=O) groups excluding carboxylic acids is 1. The van der Waals surface area contributed by atoms with E-state index in [2.05, 4.69) is 16.8 Å². The van der Waals surface area contributed by atoms with Crippen LogP contribution in [0.15, 0.2) is 30.6 Å². The van der Waals surface area contributed by atoms with Gasteiger partial charge in [0.2, 0.25) is 5.91 Å². The standard InChI is InChI=1S/C19H32N2O.ClH/c1-2-3-4-5-6-7-8-9-11-14-19(22)20-15-18-21-16-12-10-13-17-21;/h10,12-13,16-17H,2-9,11,14-15,18H2,1H3;1H. The maximum Gasteiger partial charge on any atom is 0.220 e. The highest BCUT2D eigenvalue weighted by molar-refractivity contribution is 5.75. The molecule has 3 nitrogen and oxygen atoms in total. The van der Waals surface area contributed by atoms with Gasteiger partial charge in [0.15, 0.2) is 18.9 Å². The van der Waals surface area contributed by atoms with Crippen molar-refractivity contribution in [2.75, 3.05) is 6.54 Å². The van der Waals surface area contributed by atoms with Gasteiger partial charge in [-0.25, -0.2) is 4.57 Å². The summed E-state index contributed by atoms with van der Waals surface area (Å²) in [5.74, 6) is 0.194. The van der Waals surface area contributed by atoms with Crippen LogP contribution < -0.4 is 22.3 Å². The second kappa shape index (κ2) is 15.8. The molecule has 0 saturated heterocycles. The number of halogens is 1. The molecular formula is C19H33ClN2O. The predicted molar refractivity (Wildman–Crippen MR) is 91.5 cm³/mol. The monoisotopic (exact) mass is 340 g/mol. The van der Waals surface area contributed by atoms with Crippen LogP contribution >= 0.6 is 0 Å². The fourth-order valence-electron chi connectivity index (χ4n) is 2.59. The highest BCUT2D eigenvalue weighted by Crippen LogP contribution is 2.10. The largest absolute Gasteiger partial charge is 1.00 e. The quantitative estimate of drug-likeness (QED) is 0.422. The molecule has 0 spiro atoms. The number of nitrogens with zero attached hydrogens (tertiary/aromatic N) is 1. The van der Waals surface area contributed by atoms with E-state index in [0.29, 0.717) is 13.0 Å². The van der Waals surface area contributed by atoms with Gasteiger partial charge in [-0.3, -0.25) is 4.79 Å². The smallest absolute Gasteiger partial charge is 0.220 e. The maximum atomic E-state index is 11.7. The minimum atomic E-state index is 0. The fourth-order valence-corrected chi connectivity index (χ4v) is 2.59.